The van der Waals surface area contributed by atoms with E-state index in [1.165, 1.54) is 11.8 Å². The van der Waals surface area contributed by atoms with Gasteiger partial charge in [0, 0.05) is 11.1 Å². The molecule has 0 N–H and O–H groups in total. The van der Waals surface area contributed by atoms with E-state index in [4.69, 9.17) is 18.9 Å². The Morgan fingerprint density at radius 1 is 1.06 bits per heavy atom. The zero-order valence-corrected chi connectivity index (χ0v) is 22.9. The lowest BCUT2D eigenvalue weighted by atomic mass is 10.2. The van der Waals surface area contributed by atoms with Crippen LogP contribution in [0.1, 0.15) is 26.3 Å². The van der Waals surface area contributed by atoms with Gasteiger partial charge in [0.05, 0.1) is 37.0 Å². The van der Waals surface area contributed by atoms with E-state index in [0.29, 0.717) is 52.4 Å². The maximum Gasteiger partial charge on any atom is 0.344 e. The number of esters is 1. The van der Waals surface area contributed by atoms with Gasteiger partial charge in [-0.3, -0.25) is 9.69 Å². The summed E-state index contributed by atoms with van der Waals surface area (Å²) in [5.74, 6) is 0.238. The van der Waals surface area contributed by atoms with Gasteiger partial charge in [0.15, 0.2) is 23.3 Å². The van der Waals surface area contributed by atoms with E-state index >= 15 is 0 Å². The third-order valence-corrected chi connectivity index (χ3v) is 6.53. The highest BCUT2D eigenvalue weighted by atomic mass is 79.9. The van der Waals surface area contributed by atoms with Crippen LogP contribution in [0, 0.1) is 0 Å². The first kappa shape index (κ1) is 27.8. The molecule has 1 aliphatic rings. The maximum absolute atomic E-state index is 13.3. The molecule has 0 radical (unpaired) electrons. The summed E-state index contributed by atoms with van der Waals surface area (Å²) in [5.41, 5.74) is 1.49. The second kappa shape index (κ2) is 14.1. The predicted octanol–water partition coefficient (Wildman–Crippen LogP) is 5.43. The molecule has 0 saturated carbocycles. The minimum atomic E-state index is -0.465. The quantitative estimate of drug-likeness (QED) is 0.189. The smallest absolute Gasteiger partial charge is 0.344 e. The van der Waals surface area contributed by atoms with Gasteiger partial charge < -0.3 is 18.9 Å². The summed E-state index contributed by atoms with van der Waals surface area (Å²) in [6.07, 6.45) is 1.79. The molecule has 0 unspecified atom stereocenters. The van der Waals surface area contributed by atoms with Gasteiger partial charge in [0.1, 0.15) is 0 Å². The molecule has 192 valence electrons. The van der Waals surface area contributed by atoms with Crippen molar-refractivity contribution in [3.05, 3.63) is 57.4 Å². The Morgan fingerprint density at radius 3 is 2.50 bits per heavy atom. The number of amides is 1. The fourth-order valence-electron chi connectivity index (χ4n) is 3.22. The van der Waals surface area contributed by atoms with Crippen LogP contribution in [0.5, 0.6) is 11.5 Å². The van der Waals surface area contributed by atoms with Crippen LogP contribution >= 0.6 is 27.7 Å². The van der Waals surface area contributed by atoms with Crippen LogP contribution in [0.2, 0.25) is 0 Å². The van der Waals surface area contributed by atoms with E-state index in [2.05, 4.69) is 20.9 Å². The molecule has 10 heteroatoms. The third kappa shape index (κ3) is 7.59. The molecule has 0 spiro atoms. The van der Waals surface area contributed by atoms with Crippen LogP contribution in [0.4, 0.5) is 5.69 Å². The number of para-hydroxylation sites is 1. The fraction of sp³-hybridized carbons (Fsp3) is 0.346. The van der Waals surface area contributed by atoms with Gasteiger partial charge >= 0.3 is 5.97 Å². The fourth-order valence-corrected chi connectivity index (χ4v) is 4.68. The summed E-state index contributed by atoms with van der Waals surface area (Å²) in [4.78, 5) is 31.9. The van der Waals surface area contributed by atoms with Gasteiger partial charge in [-0.1, -0.05) is 34.1 Å². The molecule has 1 saturated heterocycles. The van der Waals surface area contributed by atoms with E-state index in [1.807, 2.05) is 44.2 Å². The van der Waals surface area contributed by atoms with Crippen molar-refractivity contribution >= 4 is 56.5 Å². The number of ether oxygens (including phenoxy) is 4. The lowest BCUT2D eigenvalue weighted by molar-refractivity contribution is -0.145. The Balaban J connectivity index is 1.90. The van der Waals surface area contributed by atoms with E-state index in [-0.39, 0.29) is 19.1 Å². The third-order valence-electron chi connectivity index (χ3n) is 4.83. The largest absolute Gasteiger partial charge is 0.490 e. The number of benzene rings is 2. The number of amidine groups is 1. The molecular weight excluding hydrogens is 548 g/mol. The number of rotatable bonds is 12. The number of thioether (sulfide) groups is 1. The van der Waals surface area contributed by atoms with Crippen molar-refractivity contribution in [2.45, 2.75) is 20.8 Å². The van der Waals surface area contributed by atoms with Crippen LogP contribution in [-0.2, 0) is 19.1 Å². The van der Waals surface area contributed by atoms with Gasteiger partial charge in [-0.25, -0.2) is 9.79 Å². The highest BCUT2D eigenvalue weighted by Crippen LogP contribution is 2.39. The van der Waals surface area contributed by atoms with E-state index in [1.54, 1.807) is 30.0 Å². The first-order chi connectivity index (χ1) is 17.5. The Morgan fingerprint density at radius 2 is 1.81 bits per heavy atom. The molecule has 0 aliphatic carbocycles. The van der Waals surface area contributed by atoms with Crippen molar-refractivity contribution in [2.24, 2.45) is 4.99 Å². The normalized spacial score (nSPS) is 15.6. The summed E-state index contributed by atoms with van der Waals surface area (Å²) < 4.78 is 22.4. The number of halogens is 1. The number of nitrogens with zero attached hydrogens (tertiary/aromatic N) is 2. The molecule has 1 amide bonds. The van der Waals surface area contributed by atoms with Crippen molar-refractivity contribution in [1.29, 1.82) is 0 Å². The van der Waals surface area contributed by atoms with Gasteiger partial charge in [-0.15, -0.1) is 0 Å². The summed E-state index contributed by atoms with van der Waals surface area (Å²) in [5, 5.41) is 0.590. The minimum Gasteiger partial charge on any atom is -0.490 e. The number of hydrogen-bond donors (Lipinski definition) is 0. The molecule has 1 fully saturated rings. The van der Waals surface area contributed by atoms with Gasteiger partial charge in [0.25, 0.3) is 5.91 Å². The molecule has 0 aromatic heterocycles. The first-order valence-corrected chi connectivity index (χ1v) is 13.2. The molecule has 1 aliphatic heterocycles. The maximum atomic E-state index is 13.3. The minimum absolute atomic E-state index is 0.151. The van der Waals surface area contributed by atoms with Gasteiger partial charge in [-0.2, -0.15) is 0 Å². The molecule has 8 nitrogen and oxygen atoms in total. The summed E-state index contributed by atoms with van der Waals surface area (Å²) in [6.45, 7) is 7.33. The van der Waals surface area contributed by atoms with Gasteiger partial charge in [0.2, 0.25) is 0 Å². The molecule has 1 heterocycles. The average molecular weight is 577 g/mol. The second-order valence-corrected chi connectivity index (χ2v) is 9.20. The summed E-state index contributed by atoms with van der Waals surface area (Å²) in [6, 6.07) is 13.0. The molecule has 36 heavy (non-hydrogen) atoms. The van der Waals surface area contributed by atoms with Crippen molar-refractivity contribution in [1.82, 2.24) is 4.90 Å². The standard InChI is InChI=1S/C26H29BrN2O6S/c1-4-32-13-12-29-25(31)23(36-26(29)28-19-10-8-7-9-11-19)15-18-14-21(33-5-2)22(16-20(18)27)35-17-24(30)34-6-3/h7-11,14-16H,4-6,12-13,17H2,1-3H3. The van der Waals surface area contributed by atoms with Gasteiger partial charge in [-0.05, 0) is 68.4 Å². The molecular formula is C26H29BrN2O6S. The zero-order valence-electron chi connectivity index (χ0n) is 20.5. The van der Waals surface area contributed by atoms with E-state index in [9.17, 15) is 9.59 Å². The monoisotopic (exact) mass is 576 g/mol. The summed E-state index contributed by atoms with van der Waals surface area (Å²) in [7, 11) is 0. The Bertz CT molecular complexity index is 1120. The molecule has 3 rings (SSSR count). The highest BCUT2D eigenvalue weighted by molar-refractivity contribution is 9.10. The molecule has 2 aromatic carbocycles. The zero-order chi connectivity index (χ0) is 25.9. The van der Waals surface area contributed by atoms with Crippen LogP contribution in [-0.4, -0.2) is 61.5 Å². The van der Waals surface area contributed by atoms with E-state index in [0.717, 1.165) is 11.3 Å². The first-order valence-electron chi connectivity index (χ1n) is 11.6. The number of carbonyl (C=O) groups is 2. The SMILES string of the molecule is CCOCCN1C(=O)C(=Cc2cc(OCC)c(OCC(=O)OCC)cc2Br)SC1=Nc1ccccc1. The van der Waals surface area contributed by atoms with Crippen LogP contribution in [0.15, 0.2) is 56.8 Å². The average Bonchev–Trinajstić information content (AvgIpc) is 3.15. The van der Waals surface area contributed by atoms with Crippen LogP contribution < -0.4 is 9.47 Å². The van der Waals surface area contributed by atoms with Crippen molar-refractivity contribution in [2.75, 3.05) is 39.6 Å². The molecule has 0 atom stereocenters. The molecule has 2 aromatic rings. The number of carbonyl (C=O) groups excluding carboxylic acids is 2. The van der Waals surface area contributed by atoms with Crippen LogP contribution in [0.25, 0.3) is 6.08 Å². The second-order valence-electron chi connectivity index (χ2n) is 7.34. The number of hydrogen-bond acceptors (Lipinski definition) is 8. The summed E-state index contributed by atoms with van der Waals surface area (Å²) >= 11 is 4.86. The predicted molar refractivity (Wildman–Crippen MR) is 145 cm³/mol. The molecule has 0 bridgehead atoms. The number of aliphatic imine (C=N–C) groups is 1. The van der Waals surface area contributed by atoms with Crippen LogP contribution in [0.3, 0.4) is 0 Å². The lowest BCUT2D eigenvalue weighted by Gasteiger charge is -2.15. The van der Waals surface area contributed by atoms with Crippen molar-refractivity contribution in [3.63, 3.8) is 0 Å². The van der Waals surface area contributed by atoms with E-state index < -0.39 is 5.97 Å². The van der Waals surface area contributed by atoms with Crippen molar-refractivity contribution in [3.8, 4) is 11.5 Å². The lowest BCUT2D eigenvalue weighted by Crippen LogP contribution is -2.32. The topological polar surface area (TPSA) is 86.7 Å². The highest BCUT2D eigenvalue weighted by Gasteiger charge is 2.33. The Labute approximate surface area is 223 Å². The van der Waals surface area contributed by atoms with Crippen molar-refractivity contribution < 1.29 is 28.5 Å². The Hall–Kier alpha value is -2.82. The Kier molecular flexibility index (Phi) is 10.8.